The van der Waals surface area contributed by atoms with Gasteiger partial charge in [0, 0.05) is 24.8 Å². The van der Waals surface area contributed by atoms with Crippen LogP contribution >= 0.6 is 24.4 Å². The van der Waals surface area contributed by atoms with Gasteiger partial charge in [0.15, 0.2) is 10.2 Å². The number of hydrogen-bond donors (Lipinski definition) is 4. The maximum Gasteiger partial charge on any atom is 0.416 e. The van der Waals surface area contributed by atoms with Gasteiger partial charge in [-0.3, -0.25) is 0 Å². The van der Waals surface area contributed by atoms with Crippen LogP contribution in [0.25, 0.3) is 0 Å². The van der Waals surface area contributed by atoms with Gasteiger partial charge in [0.05, 0.1) is 11.1 Å². The first-order valence-electron chi connectivity index (χ1n) is 9.84. The standard InChI is InChI=1S/C19H24F6N4S2/c20-18(21,22)12-9-13(19(23,24)25)11-15(10-12)29-17(31)27-8-4-7-26-16(30)28-14-5-2-1-3-6-14/h9-11,14H,1-8H2,(H2,26,28,30)(H2,27,29,31). The van der Waals surface area contributed by atoms with Crippen molar-refractivity contribution in [3.05, 3.63) is 29.3 Å². The van der Waals surface area contributed by atoms with E-state index in [1.54, 1.807) is 0 Å². The zero-order valence-corrected chi connectivity index (χ0v) is 18.2. The van der Waals surface area contributed by atoms with E-state index in [2.05, 4.69) is 21.3 Å². The third-order valence-corrected chi connectivity index (χ3v) is 5.22. The van der Waals surface area contributed by atoms with Crippen LogP contribution in [0.15, 0.2) is 18.2 Å². The summed E-state index contributed by atoms with van der Waals surface area (Å²) in [4.78, 5) is 0. The van der Waals surface area contributed by atoms with Crippen LogP contribution in [0.5, 0.6) is 0 Å². The zero-order chi connectivity index (χ0) is 23.1. The molecule has 1 aromatic carbocycles. The molecule has 1 aliphatic rings. The highest BCUT2D eigenvalue weighted by atomic mass is 32.1. The van der Waals surface area contributed by atoms with Crippen LogP contribution < -0.4 is 21.3 Å². The number of anilines is 1. The van der Waals surface area contributed by atoms with E-state index in [0.29, 0.717) is 42.8 Å². The van der Waals surface area contributed by atoms with Crippen LogP contribution in [0.4, 0.5) is 32.0 Å². The fourth-order valence-corrected chi connectivity index (χ4v) is 3.67. The summed E-state index contributed by atoms with van der Waals surface area (Å²) in [6, 6.07) is 1.62. The summed E-state index contributed by atoms with van der Waals surface area (Å²) < 4.78 is 77.4. The lowest BCUT2D eigenvalue weighted by atomic mass is 9.96. The lowest BCUT2D eigenvalue weighted by Gasteiger charge is -2.24. The van der Waals surface area contributed by atoms with Crippen molar-refractivity contribution >= 4 is 40.3 Å². The molecule has 4 N–H and O–H groups in total. The molecule has 1 aromatic rings. The van der Waals surface area contributed by atoms with Crippen LogP contribution in [-0.2, 0) is 12.4 Å². The van der Waals surface area contributed by atoms with Crippen molar-refractivity contribution < 1.29 is 26.3 Å². The number of benzene rings is 1. The molecule has 0 bridgehead atoms. The largest absolute Gasteiger partial charge is 0.416 e. The second-order valence-corrected chi connectivity index (χ2v) is 8.08. The molecule has 1 saturated carbocycles. The van der Waals surface area contributed by atoms with Crippen LogP contribution in [0.2, 0.25) is 0 Å². The van der Waals surface area contributed by atoms with E-state index in [0.717, 1.165) is 12.8 Å². The van der Waals surface area contributed by atoms with Crippen molar-refractivity contribution in [2.75, 3.05) is 18.4 Å². The van der Waals surface area contributed by atoms with E-state index in [1.165, 1.54) is 19.3 Å². The molecule has 4 nitrogen and oxygen atoms in total. The second-order valence-electron chi connectivity index (χ2n) is 7.26. The van der Waals surface area contributed by atoms with Gasteiger partial charge < -0.3 is 21.3 Å². The Kier molecular flexibility index (Phi) is 9.16. The summed E-state index contributed by atoms with van der Waals surface area (Å²) in [6.45, 7) is 0.895. The minimum Gasteiger partial charge on any atom is -0.363 e. The molecule has 0 atom stereocenters. The van der Waals surface area contributed by atoms with Gasteiger partial charge in [-0.25, -0.2) is 0 Å². The van der Waals surface area contributed by atoms with Crippen LogP contribution in [-0.4, -0.2) is 29.4 Å². The summed E-state index contributed by atoms with van der Waals surface area (Å²) >= 11 is 10.2. The van der Waals surface area contributed by atoms with Gasteiger partial charge in [-0.2, -0.15) is 26.3 Å². The lowest BCUT2D eigenvalue weighted by Crippen LogP contribution is -2.43. The predicted octanol–water partition coefficient (Wildman–Crippen LogP) is 5.20. The first-order chi connectivity index (χ1) is 14.4. The number of rotatable bonds is 6. The minimum absolute atomic E-state index is 0.0670. The number of hydrogen-bond acceptors (Lipinski definition) is 2. The molecule has 0 radical (unpaired) electrons. The third kappa shape index (κ3) is 9.06. The van der Waals surface area contributed by atoms with Gasteiger partial charge in [0.1, 0.15) is 0 Å². The van der Waals surface area contributed by atoms with Crippen LogP contribution in [0.1, 0.15) is 49.7 Å². The van der Waals surface area contributed by atoms with Gasteiger partial charge in [-0.15, -0.1) is 0 Å². The summed E-state index contributed by atoms with van der Waals surface area (Å²) in [5, 5.41) is 12.0. The SMILES string of the molecule is FC(F)(F)c1cc(NC(=S)NCCCNC(=S)NC2CCCCC2)cc(C(F)(F)F)c1. The monoisotopic (exact) mass is 486 g/mol. The van der Waals surface area contributed by atoms with E-state index in [9.17, 15) is 26.3 Å². The molecule has 2 rings (SSSR count). The first kappa shape index (κ1) is 25.4. The van der Waals surface area contributed by atoms with Gasteiger partial charge in [0.25, 0.3) is 0 Å². The fraction of sp³-hybridized carbons (Fsp3) is 0.579. The van der Waals surface area contributed by atoms with Gasteiger partial charge in [-0.05, 0) is 61.9 Å². The average molecular weight is 487 g/mol. The second kappa shape index (κ2) is 11.2. The van der Waals surface area contributed by atoms with Crippen molar-refractivity contribution in [2.24, 2.45) is 0 Å². The highest BCUT2D eigenvalue weighted by molar-refractivity contribution is 7.80. The molecule has 0 aliphatic heterocycles. The molecular formula is C19H24F6N4S2. The molecule has 0 amide bonds. The maximum absolute atomic E-state index is 12.9. The quantitative estimate of drug-likeness (QED) is 0.252. The topological polar surface area (TPSA) is 48.1 Å². The molecule has 0 unspecified atom stereocenters. The van der Waals surface area contributed by atoms with E-state index in [4.69, 9.17) is 24.4 Å². The normalized spacial score (nSPS) is 15.3. The van der Waals surface area contributed by atoms with E-state index >= 15 is 0 Å². The summed E-state index contributed by atoms with van der Waals surface area (Å²) in [6.07, 6.45) is -3.44. The van der Waals surface area contributed by atoms with Gasteiger partial charge >= 0.3 is 12.4 Å². The molecule has 31 heavy (non-hydrogen) atoms. The number of halogens is 6. The Morgan fingerprint density at radius 2 is 1.32 bits per heavy atom. The molecular weight excluding hydrogens is 462 g/mol. The Labute approximate surface area is 187 Å². The van der Waals surface area contributed by atoms with Gasteiger partial charge in [-0.1, -0.05) is 19.3 Å². The molecule has 0 saturated heterocycles. The van der Waals surface area contributed by atoms with E-state index in [-0.39, 0.29) is 11.2 Å². The van der Waals surface area contributed by atoms with E-state index in [1.807, 2.05) is 0 Å². The average Bonchev–Trinajstić information content (AvgIpc) is 2.67. The Morgan fingerprint density at radius 1 is 0.806 bits per heavy atom. The van der Waals surface area contributed by atoms with Crippen LogP contribution in [0, 0.1) is 0 Å². The predicted molar refractivity (Wildman–Crippen MR) is 116 cm³/mol. The van der Waals surface area contributed by atoms with E-state index < -0.39 is 29.2 Å². The minimum atomic E-state index is -4.91. The van der Waals surface area contributed by atoms with Crippen molar-refractivity contribution in [3.8, 4) is 0 Å². The molecule has 0 spiro atoms. The van der Waals surface area contributed by atoms with Crippen LogP contribution in [0.3, 0.4) is 0 Å². The van der Waals surface area contributed by atoms with Crippen molar-refractivity contribution in [2.45, 2.75) is 56.9 Å². The van der Waals surface area contributed by atoms with Gasteiger partial charge in [0.2, 0.25) is 0 Å². The Bertz CT molecular complexity index is 728. The molecule has 0 heterocycles. The third-order valence-electron chi connectivity index (χ3n) is 4.71. The fourth-order valence-electron chi connectivity index (χ4n) is 3.18. The summed E-state index contributed by atoms with van der Waals surface area (Å²) in [5.74, 6) is 0. The highest BCUT2D eigenvalue weighted by Gasteiger charge is 2.37. The Hall–Kier alpha value is -1.82. The number of thiocarbonyl (C=S) groups is 2. The van der Waals surface area contributed by atoms with Crippen molar-refractivity contribution in [1.82, 2.24) is 16.0 Å². The molecule has 12 heteroatoms. The molecule has 0 aromatic heterocycles. The molecule has 1 aliphatic carbocycles. The highest BCUT2D eigenvalue weighted by Crippen LogP contribution is 2.37. The smallest absolute Gasteiger partial charge is 0.363 e. The maximum atomic E-state index is 12.9. The zero-order valence-electron chi connectivity index (χ0n) is 16.6. The molecule has 1 fully saturated rings. The number of alkyl halides is 6. The Balaban J connectivity index is 1.77. The molecule has 174 valence electrons. The summed E-state index contributed by atoms with van der Waals surface area (Å²) in [7, 11) is 0. The lowest BCUT2D eigenvalue weighted by molar-refractivity contribution is -0.143. The van der Waals surface area contributed by atoms with Crippen molar-refractivity contribution in [3.63, 3.8) is 0 Å². The summed E-state index contributed by atoms with van der Waals surface area (Å²) in [5.41, 5.74) is -3.21. The van der Waals surface area contributed by atoms with Crippen molar-refractivity contribution in [1.29, 1.82) is 0 Å². The Morgan fingerprint density at radius 3 is 1.84 bits per heavy atom. The first-order valence-corrected chi connectivity index (χ1v) is 10.7. The number of nitrogens with one attached hydrogen (secondary N) is 4.